The number of nitrogens with zero attached hydrogens (tertiary/aromatic N) is 1. The van der Waals surface area contributed by atoms with Crippen LogP contribution in [0.2, 0.25) is 5.02 Å². The molecular weight excluding hydrogens is 228 g/mol. The average Bonchev–Trinajstić information content (AvgIpc) is 2.31. The monoisotopic (exact) mass is 242 g/mol. The number of rotatable bonds is 3. The number of hydroxylamine groups is 1. The van der Waals surface area contributed by atoms with Crippen molar-refractivity contribution in [2.75, 3.05) is 31.2 Å². The molecule has 0 aromatic heterocycles. The van der Waals surface area contributed by atoms with Gasteiger partial charge in [0.2, 0.25) is 0 Å². The smallest absolute Gasteiger partial charge is 0.0642 e. The standard InChI is InChI=1S/C11H15ClN2O2/c12-10-1-2-11(9(7-10)8-13-15)14-3-5-16-6-4-14/h1-2,7,13,15H,3-6,8H2. The van der Waals surface area contributed by atoms with Gasteiger partial charge in [-0.2, -0.15) is 0 Å². The summed E-state index contributed by atoms with van der Waals surface area (Å²) in [6, 6.07) is 5.73. The maximum Gasteiger partial charge on any atom is 0.0642 e. The van der Waals surface area contributed by atoms with Gasteiger partial charge in [-0.15, -0.1) is 0 Å². The Labute approximate surface area is 99.7 Å². The third kappa shape index (κ3) is 2.65. The fourth-order valence-corrected chi connectivity index (χ4v) is 2.09. The van der Waals surface area contributed by atoms with Crippen LogP contribution in [0.15, 0.2) is 18.2 Å². The first kappa shape index (κ1) is 11.7. The van der Waals surface area contributed by atoms with Gasteiger partial charge in [0.25, 0.3) is 0 Å². The first-order chi connectivity index (χ1) is 7.81. The molecule has 16 heavy (non-hydrogen) atoms. The molecule has 0 atom stereocenters. The molecule has 4 nitrogen and oxygen atoms in total. The predicted octanol–water partition coefficient (Wildman–Crippen LogP) is 1.66. The summed E-state index contributed by atoms with van der Waals surface area (Å²) in [5.74, 6) is 0. The van der Waals surface area contributed by atoms with Gasteiger partial charge in [0, 0.05) is 30.3 Å². The van der Waals surface area contributed by atoms with Crippen molar-refractivity contribution in [2.24, 2.45) is 0 Å². The lowest BCUT2D eigenvalue weighted by molar-refractivity contribution is 0.122. The van der Waals surface area contributed by atoms with Gasteiger partial charge in [0.1, 0.15) is 0 Å². The van der Waals surface area contributed by atoms with E-state index in [0.29, 0.717) is 11.6 Å². The van der Waals surface area contributed by atoms with E-state index in [-0.39, 0.29) is 0 Å². The van der Waals surface area contributed by atoms with Crippen LogP contribution in [0.25, 0.3) is 0 Å². The zero-order valence-electron chi connectivity index (χ0n) is 8.95. The normalized spacial score (nSPS) is 16.5. The van der Waals surface area contributed by atoms with E-state index in [4.69, 9.17) is 21.5 Å². The van der Waals surface area contributed by atoms with Crippen LogP contribution in [0.5, 0.6) is 0 Å². The third-order valence-corrected chi connectivity index (χ3v) is 2.90. The lowest BCUT2D eigenvalue weighted by atomic mass is 10.1. The highest BCUT2D eigenvalue weighted by Gasteiger charge is 2.14. The molecule has 0 amide bonds. The molecule has 0 spiro atoms. The fourth-order valence-electron chi connectivity index (χ4n) is 1.89. The van der Waals surface area contributed by atoms with E-state index >= 15 is 0 Å². The molecule has 1 aromatic rings. The van der Waals surface area contributed by atoms with Crippen molar-refractivity contribution < 1.29 is 9.94 Å². The molecule has 1 heterocycles. The minimum atomic E-state index is 0.396. The maximum absolute atomic E-state index is 8.80. The van der Waals surface area contributed by atoms with E-state index in [9.17, 15) is 0 Å². The van der Waals surface area contributed by atoms with Crippen molar-refractivity contribution in [3.63, 3.8) is 0 Å². The molecule has 2 rings (SSSR count). The molecule has 0 unspecified atom stereocenters. The second-order valence-corrected chi connectivity index (χ2v) is 4.14. The molecule has 1 saturated heterocycles. The molecule has 0 radical (unpaired) electrons. The fraction of sp³-hybridized carbons (Fsp3) is 0.455. The topological polar surface area (TPSA) is 44.7 Å². The van der Waals surface area contributed by atoms with Crippen molar-refractivity contribution >= 4 is 17.3 Å². The zero-order valence-corrected chi connectivity index (χ0v) is 9.70. The number of benzene rings is 1. The molecule has 1 aromatic carbocycles. The van der Waals surface area contributed by atoms with Gasteiger partial charge < -0.3 is 14.8 Å². The SMILES string of the molecule is ONCc1cc(Cl)ccc1N1CCOCC1. The second kappa shape index (κ2) is 5.50. The van der Waals surface area contributed by atoms with E-state index in [1.807, 2.05) is 18.2 Å². The zero-order chi connectivity index (χ0) is 11.4. The van der Waals surface area contributed by atoms with Gasteiger partial charge in [-0.25, -0.2) is 5.48 Å². The lowest BCUT2D eigenvalue weighted by Crippen LogP contribution is -2.37. The van der Waals surface area contributed by atoms with Crippen LogP contribution in [0.4, 0.5) is 5.69 Å². The van der Waals surface area contributed by atoms with Crippen molar-refractivity contribution in [1.29, 1.82) is 0 Å². The Bertz CT molecular complexity index is 354. The van der Waals surface area contributed by atoms with E-state index in [1.165, 1.54) is 0 Å². The molecule has 0 bridgehead atoms. The van der Waals surface area contributed by atoms with Crippen LogP contribution in [-0.2, 0) is 11.3 Å². The number of ether oxygens (including phenoxy) is 1. The van der Waals surface area contributed by atoms with E-state index in [2.05, 4.69) is 10.4 Å². The largest absolute Gasteiger partial charge is 0.378 e. The summed E-state index contributed by atoms with van der Waals surface area (Å²) in [4.78, 5) is 2.24. The third-order valence-electron chi connectivity index (χ3n) is 2.66. The summed E-state index contributed by atoms with van der Waals surface area (Å²) < 4.78 is 5.31. The second-order valence-electron chi connectivity index (χ2n) is 3.71. The molecule has 1 aliphatic heterocycles. The lowest BCUT2D eigenvalue weighted by Gasteiger charge is -2.30. The first-order valence-corrected chi connectivity index (χ1v) is 5.67. The van der Waals surface area contributed by atoms with E-state index in [0.717, 1.165) is 37.6 Å². The van der Waals surface area contributed by atoms with Crippen molar-refractivity contribution in [3.05, 3.63) is 28.8 Å². The van der Waals surface area contributed by atoms with Crippen LogP contribution >= 0.6 is 11.6 Å². The van der Waals surface area contributed by atoms with Crippen LogP contribution in [-0.4, -0.2) is 31.5 Å². The molecule has 2 N–H and O–H groups in total. The van der Waals surface area contributed by atoms with Crippen LogP contribution in [0, 0.1) is 0 Å². The Morgan fingerprint density at radius 3 is 2.81 bits per heavy atom. The number of nitrogens with one attached hydrogen (secondary N) is 1. The van der Waals surface area contributed by atoms with Crippen LogP contribution in [0.3, 0.4) is 0 Å². The maximum atomic E-state index is 8.80. The van der Waals surface area contributed by atoms with E-state index < -0.39 is 0 Å². The predicted molar refractivity (Wildman–Crippen MR) is 63.1 cm³/mol. The van der Waals surface area contributed by atoms with Gasteiger partial charge in [-0.05, 0) is 23.8 Å². The number of halogens is 1. The average molecular weight is 243 g/mol. The van der Waals surface area contributed by atoms with Gasteiger partial charge in [0.05, 0.1) is 13.2 Å². The number of morpholine rings is 1. The van der Waals surface area contributed by atoms with Gasteiger partial charge >= 0.3 is 0 Å². The van der Waals surface area contributed by atoms with E-state index in [1.54, 1.807) is 0 Å². The van der Waals surface area contributed by atoms with Crippen LogP contribution < -0.4 is 10.4 Å². The minimum absolute atomic E-state index is 0.396. The Morgan fingerprint density at radius 1 is 1.38 bits per heavy atom. The quantitative estimate of drug-likeness (QED) is 0.792. The Hall–Kier alpha value is -0.810. The summed E-state index contributed by atoms with van der Waals surface area (Å²) in [6.07, 6.45) is 0. The number of anilines is 1. The highest BCUT2D eigenvalue weighted by molar-refractivity contribution is 6.30. The Morgan fingerprint density at radius 2 is 2.12 bits per heavy atom. The van der Waals surface area contributed by atoms with Gasteiger partial charge in [-0.1, -0.05) is 11.6 Å². The van der Waals surface area contributed by atoms with Gasteiger partial charge in [0.15, 0.2) is 0 Å². The highest BCUT2D eigenvalue weighted by atomic mass is 35.5. The van der Waals surface area contributed by atoms with Crippen molar-refractivity contribution in [3.8, 4) is 0 Å². The molecule has 0 saturated carbocycles. The van der Waals surface area contributed by atoms with Crippen molar-refractivity contribution in [1.82, 2.24) is 5.48 Å². The molecule has 1 aliphatic rings. The summed E-state index contributed by atoms with van der Waals surface area (Å²) in [5, 5.41) is 9.48. The molecule has 88 valence electrons. The minimum Gasteiger partial charge on any atom is -0.378 e. The summed E-state index contributed by atoms with van der Waals surface area (Å²) in [7, 11) is 0. The summed E-state index contributed by atoms with van der Waals surface area (Å²) in [6.45, 7) is 3.64. The molecule has 0 aliphatic carbocycles. The Balaban J connectivity index is 2.23. The Kier molecular flexibility index (Phi) is 4.01. The van der Waals surface area contributed by atoms with Crippen molar-refractivity contribution in [2.45, 2.75) is 6.54 Å². The highest BCUT2D eigenvalue weighted by Crippen LogP contribution is 2.25. The molecule has 5 heteroatoms. The molecular formula is C11H15ClN2O2. The number of hydrogen-bond acceptors (Lipinski definition) is 4. The summed E-state index contributed by atoms with van der Waals surface area (Å²) in [5.41, 5.74) is 4.28. The summed E-state index contributed by atoms with van der Waals surface area (Å²) >= 11 is 5.94. The number of hydrogen-bond donors (Lipinski definition) is 2. The first-order valence-electron chi connectivity index (χ1n) is 5.29. The van der Waals surface area contributed by atoms with Gasteiger partial charge in [-0.3, -0.25) is 0 Å². The molecule has 1 fully saturated rings. The van der Waals surface area contributed by atoms with Crippen LogP contribution in [0.1, 0.15) is 5.56 Å².